The zero-order valence-electron chi connectivity index (χ0n) is 8.97. The van der Waals surface area contributed by atoms with Crippen LogP contribution < -0.4 is 0 Å². The summed E-state index contributed by atoms with van der Waals surface area (Å²) in [5.74, 6) is -0.491. The summed E-state index contributed by atoms with van der Waals surface area (Å²) in [6.45, 7) is 1.28. The van der Waals surface area contributed by atoms with E-state index in [0.29, 0.717) is 11.8 Å². The fourth-order valence-electron chi connectivity index (χ4n) is 1.27. The van der Waals surface area contributed by atoms with E-state index in [1.165, 1.54) is 20.0 Å². The highest BCUT2D eigenvalue weighted by Crippen LogP contribution is 2.19. The molecule has 0 N–H and O–H groups in total. The van der Waals surface area contributed by atoms with Gasteiger partial charge in [0, 0.05) is 7.05 Å². The van der Waals surface area contributed by atoms with Crippen LogP contribution in [0.25, 0.3) is 0 Å². The number of hydrogen-bond acceptors (Lipinski definition) is 3. The summed E-state index contributed by atoms with van der Waals surface area (Å²) in [5.41, 5.74) is 0.317. The molecule has 0 saturated carbocycles. The predicted octanol–water partition coefficient (Wildman–Crippen LogP) is 0.954. The Hall–Kier alpha value is -1.27. The van der Waals surface area contributed by atoms with Crippen LogP contribution in [0.1, 0.15) is 5.56 Å². The number of likely N-dealkylation sites (N-methyl/N-ethyl adjacent to an activating group) is 1. The molecule has 0 bridgehead atoms. The van der Waals surface area contributed by atoms with Crippen molar-refractivity contribution in [3.8, 4) is 0 Å². The molecule has 0 fully saturated rings. The molecule has 0 saturated heterocycles. The van der Waals surface area contributed by atoms with Crippen molar-refractivity contribution in [3.63, 3.8) is 0 Å². The maximum atomic E-state index is 12.8. The van der Waals surface area contributed by atoms with E-state index in [9.17, 15) is 17.6 Å². The van der Waals surface area contributed by atoms with Crippen molar-refractivity contribution < 1.29 is 17.6 Å². The minimum Gasteiger partial charge on any atom is -0.302 e. The van der Waals surface area contributed by atoms with Crippen molar-refractivity contribution in [1.82, 2.24) is 4.31 Å². The number of hydrogen-bond donors (Lipinski definition) is 0. The maximum absolute atomic E-state index is 12.8. The van der Waals surface area contributed by atoms with Gasteiger partial charge in [-0.05, 0) is 30.7 Å². The van der Waals surface area contributed by atoms with Gasteiger partial charge < -0.3 is 4.79 Å². The third-order valence-corrected chi connectivity index (χ3v) is 4.14. The van der Waals surface area contributed by atoms with E-state index in [-0.39, 0.29) is 11.4 Å². The molecule has 1 aromatic rings. The molecule has 0 radical (unpaired) electrons. The van der Waals surface area contributed by atoms with Crippen LogP contribution in [-0.2, 0) is 14.8 Å². The van der Waals surface area contributed by atoms with E-state index < -0.39 is 15.8 Å². The number of rotatable bonds is 4. The molecule has 1 rings (SSSR count). The lowest BCUT2D eigenvalue weighted by Crippen LogP contribution is -2.29. The smallest absolute Gasteiger partial charge is 0.243 e. The van der Waals surface area contributed by atoms with E-state index >= 15 is 0 Å². The van der Waals surface area contributed by atoms with Crippen LogP contribution in [-0.4, -0.2) is 32.6 Å². The number of halogens is 1. The van der Waals surface area contributed by atoms with Gasteiger partial charge in [-0.3, -0.25) is 0 Å². The van der Waals surface area contributed by atoms with Crippen LogP contribution in [0.2, 0.25) is 0 Å². The van der Waals surface area contributed by atoms with Gasteiger partial charge in [0.15, 0.2) is 0 Å². The first-order chi connectivity index (χ1) is 7.39. The van der Waals surface area contributed by atoms with Gasteiger partial charge in [0.25, 0.3) is 0 Å². The van der Waals surface area contributed by atoms with Crippen molar-refractivity contribution >= 4 is 16.3 Å². The largest absolute Gasteiger partial charge is 0.302 e. The van der Waals surface area contributed by atoms with Crippen molar-refractivity contribution in [2.45, 2.75) is 11.8 Å². The molecule has 0 aliphatic carbocycles. The molecule has 0 heterocycles. The fraction of sp³-hybridized carbons (Fsp3) is 0.300. The lowest BCUT2D eigenvalue weighted by molar-refractivity contribution is -0.107. The van der Waals surface area contributed by atoms with Crippen molar-refractivity contribution in [2.75, 3.05) is 13.6 Å². The molecule has 0 aromatic heterocycles. The van der Waals surface area contributed by atoms with Gasteiger partial charge in [-0.1, -0.05) is 0 Å². The summed E-state index contributed by atoms with van der Waals surface area (Å²) in [7, 11) is -2.42. The molecule has 6 heteroatoms. The third-order valence-electron chi connectivity index (χ3n) is 2.16. The third kappa shape index (κ3) is 2.45. The van der Waals surface area contributed by atoms with Crippen molar-refractivity contribution in [2.24, 2.45) is 0 Å². The summed E-state index contributed by atoms with van der Waals surface area (Å²) in [5, 5.41) is 0. The molecule has 4 nitrogen and oxygen atoms in total. The first-order valence-electron chi connectivity index (χ1n) is 4.55. The Morgan fingerprint density at radius 2 is 2.06 bits per heavy atom. The van der Waals surface area contributed by atoms with Gasteiger partial charge in [0.05, 0.1) is 11.4 Å². The molecule has 0 atom stereocenters. The van der Waals surface area contributed by atoms with Gasteiger partial charge in [-0.2, -0.15) is 4.31 Å². The number of benzene rings is 1. The molecule has 0 aliphatic rings. The molecule has 0 amide bonds. The quantitative estimate of drug-likeness (QED) is 0.742. The molecule has 16 heavy (non-hydrogen) atoms. The number of carbonyl (C=O) groups excluding carboxylic acids is 1. The van der Waals surface area contributed by atoms with Gasteiger partial charge in [0.2, 0.25) is 10.0 Å². The normalized spacial score (nSPS) is 11.8. The Morgan fingerprint density at radius 1 is 1.44 bits per heavy atom. The first kappa shape index (κ1) is 12.8. The number of aldehydes is 1. The molecule has 1 aromatic carbocycles. The summed E-state index contributed by atoms with van der Waals surface area (Å²) in [4.78, 5) is 10.3. The second-order valence-electron chi connectivity index (χ2n) is 3.36. The van der Waals surface area contributed by atoms with Crippen LogP contribution >= 0.6 is 0 Å². The number of aryl methyl sites for hydroxylation is 1. The van der Waals surface area contributed by atoms with Crippen LogP contribution in [0.3, 0.4) is 0 Å². The number of sulfonamides is 1. The van der Waals surface area contributed by atoms with E-state index in [2.05, 4.69) is 0 Å². The Bertz CT molecular complexity index is 499. The highest BCUT2D eigenvalue weighted by molar-refractivity contribution is 7.89. The highest BCUT2D eigenvalue weighted by Gasteiger charge is 2.22. The van der Waals surface area contributed by atoms with E-state index in [0.717, 1.165) is 16.4 Å². The monoisotopic (exact) mass is 245 g/mol. The molecular formula is C10H12FNO3S. The van der Waals surface area contributed by atoms with Crippen LogP contribution in [0.4, 0.5) is 4.39 Å². The molecule has 0 spiro atoms. The van der Waals surface area contributed by atoms with Gasteiger partial charge >= 0.3 is 0 Å². The van der Waals surface area contributed by atoms with Crippen LogP contribution in [0, 0.1) is 12.7 Å². The van der Waals surface area contributed by atoms with Crippen molar-refractivity contribution in [3.05, 3.63) is 29.6 Å². The summed E-state index contributed by atoms with van der Waals surface area (Å²) >= 11 is 0. The second kappa shape index (κ2) is 4.71. The van der Waals surface area contributed by atoms with Gasteiger partial charge in [0.1, 0.15) is 12.1 Å². The minimum absolute atomic E-state index is 0.0123. The molecule has 0 unspecified atom stereocenters. The highest BCUT2D eigenvalue weighted by atomic mass is 32.2. The minimum atomic E-state index is -3.71. The fourth-order valence-corrected chi connectivity index (χ4v) is 2.57. The zero-order valence-corrected chi connectivity index (χ0v) is 9.79. The average Bonchev–Trinajstić information content (AvgIpc) is 2.17. The standard InChI is InChI=1S/C10H12FNO3S/c1-8-7-9(11)3-4-10(8)16(14,15)12(2)5-6-13/h3-4,6-7H,5H2,1-2H3. The second-order valence-corrected chi connectivity index (χ2v) is 5.38. The first-order valence-corrected chi connectivity index (χ1v) is 5.99. The average molecular weight is 245 g/mol. The Kier molecular flexibility index (Phi) is 3.77. The topological polar surface area (TPSA) is 54.5 Å². The summed E-state index contributed by atoms with van der Waals surface area (Å²) in [6.07, 6.45) is 0.496. The Morgan fingerprint density at radius 3 is 2.56 bits per heavy atom. The van der Waals surface area contributed by atoms with Crippen LogP contribution in [0.5, 0.6) is 0 Å². The van der Waals surface area contributed by atoms with Crippen molar-refractivity contribution in [1.29, 1.82) is 0 Å². The molecular weight excluding hydrogens is 233 g/mol. The number of nitrogens with zero attached hydrogens (tertiary/aromatic N) is 1. The summed E-state index contributed by atoms with van der Waals surface area (Å²) in [6, 6.07) is 3.41. The zero-order chi connectivity index (χ0) is 12.3. The van der Waals surface area contributed by atoms with E-state index in [1.807, 2.05) is 0 Å². The van der Waals surface area contributed by atoms with E-state index in [4.69, 9.17) is 0 Å². The lowest BCUT2D eigenvalue weighted by atomic mass is 10.2. The Balaban J connectivity index is 3.22. The Labute approximate surface area is 93.7 Å². The van der Waals surface area contributed by atoms with E-state index in [1.54, 1.807) is 0 Å². The molecule has 0 aliphatic heterocycles. The maximum Gasteiger partial charge on any atom is 0.243 e. The van der Waals surface area contributed by atoms with Gasteiger partial charge in [-0.15, -0.1) is 0 Å². The summed E-state index contributed by atoms with van der Waals surface area (Å²) < 4.78 is 37.5. The predicted molar refractivity (Wildman–Crippen MR) is 57.0 cm³/mol. The molecule has 88 valence electrons. The SMILES string of the molecule is Cc1cc(F)ccc1S(=O)(=O)N(C)CC=O. The number of carbonyl (C=O) groups is 1. The lowest BCUT2D eigenvalue weighted by Gasteiger charge is -2.15. The van der Waals surface area contributed by atoms with Gasteiger partial charge in [-0.25, -0.2) is 12.8 Å². The van der Waals surface area contributed by atoms with Crippen LogP contribution in [0.15, 0.2) is 23.1 Å².